The maximum atomic E-state index is 11.9. The number of nitrogens with zero attached hydrogens (tertiary/aromatic N) is 1. The van der Waals surface area contributed by atoms with Crippen molar-refractivity contribution in [2.75, 3.05) is 6.54 Å². The average Bonchev–Trinajstić information content (AvgIpc) is 2.34. The number of nitrogens with one attached hydrogen (secondary N) is 1. The first-order valence-corrected chi connectivity index (χ1v) is 7.14. The SMILES string of the molecule is N#Cc1ccc(S(=O)(=O)NCCCC(=O)O)c(Cl)c1. The number of hydrogen-bond acceptors (Lipinski definition) is 4. The highest BCUT2D eigenvalue weighted by molar-refractivity contribution is 7.89. The second-order valence-corrected chi connectivity index (χ2v) is 5.79. The van der Waals surface area contributed by atoms with Crippen LogP contribution in [0.1, 0.15) is 18.4 Å². The lowest BCUT2D eigenvalue weighted by atomic mass is 10.2. The minimum atomic E-state index is -3.80. The molecule has 6 nitrogen and oxygen atoms in total. The summed E-state index contributed by atoms with van der Waals surface area (Å²) in [6, 6.07) is 5.69. The lowest BCUT2D eigenvalue weighted by molar-refractivity contribution is -0.137. The van der Waals surface area contributed by atoms with Gasteiger partial charge in [-0.2, -0.15) is 5.26 Å². The number of benzene rings is 1. The molecule has 1 aromatic rings. The van der Waals surface area contributed by atoms with E-state index in [0.29, 0.717) is 0 Å². The summed E-state index contributed by atoms with van der Waals surface area (Å²) < 4.78 is 26.0. The van der Waals surface area contributed by atoms with Crippen LogP contribution in [0.5, 0.6) is 0 Å². The molecule has 1 rings (SSSR count). The second kappa shape index (κ2) is 6.52. The van der Waals surface area contributed by atoms with Gasteiger partial charge in [0.25, 0.3) is 0 Å². The van der Waals surface area contributed by atoms with Crippen LogP contribution in [0.2, 0.25) is 5.02 Å². The Morgan fingerprint density at radius 3 is 2.68 bits per heavy atom. The van der Waals surface area contributed by atoms with Gasteiger partial charge in [-0.25, -0.2) is 13.1 Å². The molecule has 0 spiro atoms. The summed E-state index contributed by atoms with van der Waals surface area (Å²) in [5, 5.41) is 17.0. The highest BCUT2D eigenvalue weighted by Crippen LogP contribution is 2.22. The third-order valence-corrected chi connectivity index (χ3v) is 4.15. The van der Waals surface area contributed by atoms with Crippen LogP contribution in [-0.2, 0) is 14.8 Å². The molecule has 19 heavy (non-hydrogen) atoms. The zero-order chi connectivity index (χ0) is 14.5. The summed E-state index contributed by atoms with van der Waals surface area (Å²) >= 11 is 5.79. The van der Waals surface area contributed by atoms with Gasteiger partial charge >= 0.3 is 5.97 Å². The molecule has 0 amide bonds. The number of aliphatic carboxylic acids is 1. The smallest absolute Gasteiger partial charge is 0.303 e. The van der Waals surface area contributed by atoms with Crippen molar-refractivity contribution in [1.29, 1.82) is 5.26 Å². The molecule has 0 bridgehead atoms. The molecule has 8 heteroatoms. The third-order valence-electron chi connectivity index (χ3n) is 2.21. The summed E-state index contributed by atoms with van der Waals surface area (Å²) in [5.41, 5.74) is 0.259. The van der Waals surface area contributed by atoms with Gasteiger partial charge in [-0.3, -0.25) is 4.79 Å². The molecule has 0 saturated carbocycles. The average molecular weight is 303 g/mol. The Labute approximate surface area is 115 Å². The van der Waals surface area contributed by atoms with E-state index in [9.17, 15) is 13.2 Å². The van der Waals surface area contributed by atoms with Crippen molar-refractivity contribution < 1.29 is 18.3 Å². The molecule has 0 radical (unpaired) electrons. The van der Waals surface area contributed by atoms with Crippen molar-refractivity contribution in [2.45, 2.75) is 17.7 Å². The van der Waals surface area contributed by atoms with Crippen LogP contribution in [0.15, 0.2) is 23.1 Å². The van der Waals surface area contributed by atoms with Crippen LogP contribution in [-0.4, -0.2) is 26.0 Å². The van der Waals surface area contributed by atoms with E-state index >= 15 is 0 Å². The van der Waals surface area contributed by atoms with Gasteiger partial charge in [-0.05, 0) is 24.6 Å². The molecule has 0 atom stereocenters. The number of halogens is 1. The number of rotatable bonds is 6. The minimum absolute atomic E-state index is 0.00492. The summed E-state index contributed by atoms with van der Waals surface area (Å²) in [4.78, 5) is 10.2. The van der Waals surface area contributed by atoms with Gasteiger partial charge in [-0.1, -0.05) is 11.6 Å². The molecule has 102 valence electrons. The molecule has 0 heterocycles. The largest absolute Gasteiger partial charge is 0.481 e. The van der Waals surface area contributed by atoms with Crippen LogP contribution < -0.4 is 4.72 Å². The van der Waals surface area contributed by atoms with E-state index in [4.69, 9.17) is 22.0 Å². The van der Waals surface area contributed by atoms with Gasteiger partial charge in [0.05, 0.1) is 16.7 Å². The van der Waals surface area contributed by atoms with E-state index in [1.54, 1.807) is 0 Å². The fourth-order valence-electron chi connectivity index (χ4n) is 1.31. The quantitative estimate of drug-likeness (QED) is 0.771. The molecule has 1 aromatic carbocycles. The summed E-state index contributed by atoms with van der Waals surface area (Å²) in [6.45, 7) is 0.00492. The molecule has 2 N–H and O–H groups in total. The predicted molar refractivity (Wildman–Crippen MR) is 68.2 cm³/mol. The number of carbonyl (C=O) groups is 1. The van der Waals surface area contributed by atoms with E-state index < -0.39 is 16.0 Å². The molecular formula is C11H11ClN2O4S. The van der Waals surface area contributed by atoms with Crippen LogP contribution in [0.25, 0.3) is 0 Å². The molecule has 0 aliphatic heterocycles. The predicted octanol–water partition coefficient (Wildman–Crippen LogP) is 1.35. The fourth-order valence-corrected chi connectivity index (χ4v) is 2.93. The van der Waals surface area contributed by atoms with Gasteiger partial charge in [0.2, 0.25) is 10.0 Å². The van der Waals surface area contributed by atoms with Crippen molar-refractivity contribution >= 4 is 27.6 Å². The fraction of sp³-hybridized carbons (Fsp3) is 0.273. The van der Waals surface area contributed by atoms with Crippen LogP contribution in [0, 0.1) is 11.3 Å². The molecule has 0 aromatic heterocycles. The van der Waals surface area contributed by atoms with E-state index in [0.717, 1.165) is 0 Å². The Hall–Kier alpha value is -1.62. The Bertz CT molecular complexity index is 622. The summed E-state index contributed by atoms with van der Waals surface area (Å²) in [6.07, 6.45) is 0.0616. The number of nitriles is 1. The Kier molecular flexibility index (Phi) is 5.30. The van der Waals surface area contributed by atoms with Crippen molar-refractivity contribution in [3.05, 3.63) is 28.8 Å². The van der Waals surface area contributed by atoms with Crippen molar-refractivity contribution in [1.82, 2.24) is 4.72 Å². The van der Waals surface area contributed by atoms with Crippen LogP contribution in [0.3, 0.4) is 0 Å². The number of carboxylic acids is 1. The normalized spacial score (nSPS) is 10.9. The van der Waals surface area contributed by atoms with Crippen molar-refractivity contribution in [2.24, 2.45) is 0 Å². The summed E-state index contributed by atoms with van der Waals surface area (Å²) in [5.74, 6) is -0.990. The molecule has 0 saturated heterocycles. The van der Waals surface area contributed by atoms with Crippen molar-refractivity contribution in [3.63, 3.8) is 0 Å². The topological polar surface area (TPSA) is 107 Å². The minimum Gasteiger partial charge on any atom is -0.481 e. The first-order valence-electron chi connectivity index (χ1n) is 5.28. The first kappa shape index (κ1) is 15.4. The van der Waals surface area contributed by atoms with Crippen molar-refractivity contribution in [3.8, 4) is 6.07 Å². The Balaban J connectivity index is 2.78. The molecule has 0 unspecified atom stereocenters. The number of hydrogen-bond donors (Lipinski definition) is 2. The summed E-state index contributed by atoms with van der Waals surface area (Å²) in [7, 11) is -3.80. The molecule has 0 aliphatic rings. The lowest BCUT2D eigenvalue weighted by Gasteiger charge is -2.07. The Morgan fingerprint density at radius 1 is 1.47 bits per heavy atom. The molecule has 0 fully saturated rings. The van der Waals surface area contributed by atoms with E-state index in [-0.39, 0.29) is 34.9 Å². The number of sulfonamides is 1. The zero-order valence-corrected chi connectivity index (χ0v) is 11.3. The van der Waals surface area contributed by atoms with Crippen LogP contribution in [0.4, 0.5) is 0 Å². The standard InChI is InChI=1S/C11H11ClN2O4S/c12-9-6-8(7-13)3-4-10(9)19(17,18)14-5-1-2-11(15)16/h3-4,6,14H,1-2,5H2,(H,15,16). The van der Waals surface area contributed by atoms with Gasteiger partial charge < -0.3 is 5.11 Å². The second-order valence-electron chi connectivity index (χ2n) is 3.65. The van der Waals surface area contributed by atoms with Gasteiger partial charge in [0.1, 0.15) is 4.90 Å². The van der Waals surface area contributed by atoms with E-state index in [2.05, 4.69) is 4.72 Å². The Morgan fingerprint density at radius 2 is 2.16 bits per heavy atom. The monoisotopic (exact) mass is 302 g/mol. The number of carboxylic acid groups (broad SMARTS) is 1. The van der Waals surface area contributed by atoms with Gasteiger partial charge in [0.15, 0.2) is 0 Å². The molecule has 0 aliphatic carbocycles. The van der Waals surface area contributed by atoms with Gasteiger partial charge in [0, 0.05) is 13.0 Å². The van der Waals surface area contributed by atoms with E-state index in [1.807, 2.05) is 6.07 Å². The van der Waals surface area contributed by atoms with Crippen LogP contribution >= 0.6 is 11.6 Å². The lowest BCUT2D eigenvalue weighted by Crippen LogP contribution is -2.25. The maximum absolute atomic E-state index is 11.9. The molecular weight excluding hydrogens is 292 g/mol. The highest BCUT2D eigenvalue weighted by atomic mass is 35.5. The van der Waals surface area contributed by atoms with E-state index in [1.165, 1.54) is 18.2 Å². The third kappa shape index (κ3) is 4.52. The first-order chi connectivity index (χ1) is 8.86. The maximum Gasteiger partial charge on any atom is 0.303 e. The van der Waals surface area contributed by atoms with Gasteiger partial charge in [-0.15, -0.1) is 0 Å². The zero-order valence-electron chi connectivity index (χ0n) is 9.76. The highest BCUT2D eigenvalue weighted by Gasteiger charge is 2.17.